The summed E-state index contributed by atoms with van der Waals surface area (Å²) in [5.74, 6) is 0.914. The first-order chi connectivity index (χ1) is 40.2. The summed E-state index contributed by atoms with van der Waals surface area (Å²) < 4.78 is 6.92. The summed E-state index contributed by atoms with van der Waals surface area (Å²) in [6.07, 6.45) is 0. The predicted octanol–water partition coefficient (Wildman–Crippen LogP) is 13.1. The van der Waals surface area contributed by atoms with Crippen LogP contribution in [0.5, 0.6) is 0 Å². The first kappa shape index (κ1) is 50.3. The van der Waals surface area contributed by atoms with Crippen LogP contribution in [-0.2, 0) is 0 Å². The Kier molecular flexibility index (Phi) is 14.1. The smallest absolute Gasteiger partial charge is 0.248 e. The predicted molar refractivity (Wildman–Crippen MR) is 342 cm³/mol. The van der Waals surface area contributed by atoms with Crippen LogP contribution < -0.4 is 51.3 Å². The quantitative estimate of drug-likeness (QED) is 0.0713. The third-order valence-electron chi connectivity index (χ3n) is 15.5. The zero-order valence-electron chi connectivity index (χ0n) is 44.5. The molecule has 0 aliphatic rings. The van der Waals surface area contributed by atoms with E-state index >= 15 is 0 Å². The Hall–Kier alpha value is -10.2. The van der Waals surface area contributed by atoms with Crippen LogP contribution in [0.2, 0.25) is 0 Å². The van der Waals surface area contributed by atoms with Gasteiger partial charge in [0.05, 0.1) is 0 Å². The lowest BCUT2D eigenvalue weighted by molar-refractivity contribution is 0.584. The Morgan fingerprint density at radius 1 is 0.210 bits per heavy atom. The van der Waals surface area contributed by atoms with Gasteiger partial charge in [-0.3, -0.25) is 0 Å². The monoisotopic (exact) mass is 1070 g/mol. The van der Waals surface area contributed by atoms with E-state index in [-0.39, 0.29) is 0 Å². The summed E-state index contributed by atoms with van der Waals surface area (Å²) in [7, 11) is -6.18. The fourth-order valence-electron chi connectivity index (χ4n) is 11.9. The molecule has 5 nitrogen and oxygen atoms in total. The maximum atomic E-state index is 6.92. The molecule has 13 rings (SSSR count). The van der Waals surface area contributed by atoms with Gasteiger partial charge >= 0.3 is 0 Å². The molecule has 0 radical (unpaired) electrons. The zero-order chi connectivity index (χ0) is 54.3. The highest BCUT2D eigenvalue weighted by molar-refractivity contribution is 7.20. The van der Waals surface area contributed by atoms with Crippen LogP contribution in [0.15, 0.2) is 344 Å². The summed E-state index contributed by atoms with van der Waals surface area (Å²) >= 11 is 0. The lowest BCUT2D eigenvalue weighted by Gasteiger charge is -2.35. The molecule has 0 aliphatic carbocycles. The third kappa shape index (κ3) is 9.61. The number of hydrogen-bond donors (Lipinski definition) is 0. The van der Waals surface area contributed by atoms with Crippen molar-refractivity contribution >= 4 is 91.8 Å². The van der Waals surface area contributed by atoms with Crippen molar-refractivity contribution in [3.63, 3.8) is 0 Å². The van der Waals surface area contributed by atoms with Crippen molar-refractivity contribution < 1.29 is 4.42 Å². The van der Waals surface area contributed by atoms with Gasteiger partial charge in [0.25, 0.3) is 0 Å². The van der Waals surface area contributed by atoms with Crippen LogP contribution in [0.1, 0.15) is 0 Å². The lowest BCUT2D eigenvalue weighted by Crippen LogP contribution is -2.74. The Bertz CT molecular complexity index is 3740. The second-order valence-corrected chi connectivity index (χ2v) is 27.8. The van der Waals surface area contributed by atoms with Gasteiger partial charge in [0.15, 0.2) is 16.1 Å². The van der Waals surface area contributed by atoms with Crippen LogP contribution >= 0.6 is 0 Å². The highest BCUT2D eigenvalue weighted by atomic mass is 28.3. The van der Waals surface area contributed by atoms with Crippen molar-refractivity contribution in [2.24, 2.45) is 0 Å². The van der Waals surface area contributed by atoms with Gasteiger partial charge in [0.1, 0.15) is 0 Å². The molecule has 81 heavy (non-hydrogen) atoms. The molecule has 0 bridgehead atoms. The second kappa shape index (κ2) is 22.6. The van der Waals surface area contributed by atoms with Crippen molar-refractivity contribution in [3.05, 3.63) is 340 Å². The van der Waals surface area contributed by atoms with Crippen LogP contribution in [0.3, 0.4) is 0 Å². The Labute approximate surface area is 476 Å². The number of anilines is 6. The van der Waals surface area contributed by atoms with Gasteiger partial charge in [-0.25, -0.2) is 0 Å². The Morgan fingerprint density at radius 2 is 0.432 bits per heavy atom. The molecule has 1 heterocycles. The lowest BCUT2D eigenvalue weighted by atomic mass is 10.2. The van der Waals surface area contributed by atoms with Crippen LogP contribution in [-0.4, -0.2) is 26.3 Å². The molecular formula is C74H56N4OSi2. The largest absolute Gasteiger partial charge is 0.416 e. The van der Waals surface area contributed by atoms with Gasteiger partial charge < -0.3 is 14.2 Å². The first-order valence-electron chi connectivity index (χ1n) is 27.5. The van der Waals surface area contributed by atoms with Crippen molar-refractivity contribution in [2.75, 3.05) is 9.80 Å². The topological polar surface area (TPSA) is 45.4 Å². The zero-order valence-corrected chi connectivity index (χ0v) is 46.5. The first-order valence-corrected chi connectivity index (χ1v) is 31.5. The molecule has 0 aliphatic heterocycles. The molecule has 0 unspecified atom stereocenters. The molecule has 13 aromatic rings. The van der Waals surface area contributed by atoms with Crippen LogP contribution in [0, 0.1) is 0 Å². The van der Waals surface area contributed by atoms with Crippen molar-refractivity contribution in [2.45, 2.75) is 0 Å². The number of aromatic nitrogens is 2. The molecule has 7 heteroatoms. The van der Waals surface area contributed by atoms with E-state index in [0.29, 0.717) is 11.8 Å². The Balaban J connectivity index is 0.944. The van der Waals surface area contributed by atoms with Crippen molar-refractivity contribution in [1.29, 1.82) is 0 Å². The fourth-order valence-corrected chi connectivity index (χ4v) is 21.6. The average Bonchev–Trinajstić information content (AvgIpc) is 4.15. The molecular weight excluding hydrogens is 1020 g/mol. The second-order valence-electron chi connectivity index (χ2n) is 20.2. The maximum absolute atomic E-state index is 6.92. The van der Waals surface area contributed by atoms with E-state index in [1.165, 1.54) is 41.5 Å². The number of rotatable bonds is 16. The van der Waals surface area contributed by atoms with Gasteiger partial charge in [-0.05, 0) is 139 Å². The van der Waals surface area contributed by atoms with Gasteiger partial charge in [0, 0.05) is 45.3 Å². The van der Waals surface area contributed by atoms with E-state index in [4.69, 9.17) is 14.6 Å². The summed E-state index contributed by atoms with van der Waals surface area (Å²) in [5, 5.41) is 19.7. The molecule has 1 aromatic heterocycles. The molecule has 0 N–H and O–H groups in total. The van der Waals surface area contributed by atoms with E-state index in [2.05, 4.69) is 350 Å². The minimum absolute atomic E-state index is 0.457. The molecule has 0 spiro atoms. The average molecular weight is 1070 g/mol. The van der Waals surface area contributed by atoms with Crippen molar-refractivity contribution in [1.82, 2.24) is 10.2 Å². The summed E-state index contributed by atoms with van der Waals surface area (Å²) in [6, 6.07) is 123. The van der Waals surface area contributed by atoms with Gasteiger partial charge in [-0.2, -0.15) is 0 Å². The van der Waals surface area contributed by atoms with E-state index < -0.39 is 16.1 Å². The molecule has 0 saturated carbocycles. The SMILES string of the molecule is c1ccc(N(c2ccccc2)c2cccc([Si](c3ccccc3)(c3ccccc3)c3cccc(-c4nnc(-c5cccc([Si](c6ccccc6)(c6ccccc6)c6cccc(N(c7ccccc7)c7ccccc7)c6)c5)o4)c3)c2)cc1. The minimum atomic E-state index is -3.09. The Morgan fingerprint density at radius 3 is 0.716 bits per heavy atom. The summed E-state index contributed by atoms with van der Waals surface area (Å²) in [4.78, 5) is 4.69. The van der Waals surface area contributed by atoms with Gasteiger partial charge in [0.2, 0.25) is 11.8 Å². The number of hydrogen-bond acceptors (Lipinski definition) is 5. The maximum Gasteiger partial charge on any atom is 0.248 e. The summed E-state index contributed by atoms with van der Waals surface area (Å²) in [6.45, 7) is 0. The molecule has 0 fully saturated rings. The third-order valence-corrected chi connectivity index (χ3v) is 25.0. The van der Waals surface area contributed by atoms with E-state index in [1.807, 2.05) is 0 Å². The van der Waals surface area contributed by atoms with Crippen LogP contribution in [0.4, 0.5) is 34.1 Å². The van der Waals surface area contributed by atoms with Gasteiger partial charge in [-0.15, -0.1) is 10.2 Å². The van der Waals surface area contributed by atoms with Crippen molar-refractivity contribution in [3.8, 4) is 22.9 Å². The normalized spacial score (nSPS) is 11.5. The van der Waals surface area contributed by atoms with Crippen LogP contribution in [0.25, 0.3) is 22.9 Å². The number of benzene rings is 12. The number of para-hydroxylation sites is 4. The fraction of sp³-hybridized carbons (Fsp3) is 0. The van der Waals surface area contributed by atoms with E-state index in [0.717, 1.165) is 45.3 Å². The summed E-state index contributed by atoms with van der Waals surface area (Å²) in [5.41, 5.74) is 8.21. The highest BCUT2D eigenvalue weighted by Crippen LogP contribution is 2.36. The standard InChI is InChI=1S/C74H56N4OSi2/c1-9-31-59(32-10-1)77(60-33-11-2-12-34-60)63-39-27-51-71(55-63)80(65-41-17-5-18-42-65,66-43-19-6-20-44-66)69-49-25-29-57(53-69)73-75-76-74(79-73)58-30-26-50-70(54-58)81(67-45-21-7-22-46-67,68-47-23-8-24-48-68)72-52-28-40-64(56-72)78(61-35-13-3-14-36-61)62-37-15-4-16-38-62/h1-56H. The number of nitrogens with zero attached hydrogens (tertiary/aromatic N) is 4. The van der Waals surface area contributed by atoms with Gasteiger partial charge in [-0.1, -0.05) is 243 Å². The molecule has 0 atom stereocenters. The van der Waals surface area contributed by atoms with E-state index in [9.17, 15) is 0 Å². The van der Waals surface area contributed by atoms with E-state index in [1.54, 1.807) is 0 Å². The minimum Gasteiger partial charge on any atom is -0.416 e. The molecule has 0 saturated heterocycles. The molecule has 0 amide bonds. The molecule has 386 valence electrons. The highest BCUT2D eigenvalue weighted by Gasteiger charge is 2.44. The molecule has 12 aromatic carbocycles.